The highest BCUT2D eigenvalue weighted by Crippen LogP contribution is 2.74. The highest BCUT2D eigenvalue weighted by atomic mass is 16.4. The molecule has 0 unspecified atom stereocenters. The van der Waals surface area contributed by atoms with Gasteiger partial charge in [0.05, 0.1) is 16.4 Å². The van der Waals surface area contributed by atoms with Crippen molar-refractivity contribution in [1.82, 2.24) is 10.2 Å². The first-order chi connectivity index (χ1) is 9.92. The molecule has 6 nitrogen and oxygen atoms in total. The van der Waals surface area contributed by atoms with Gasteiger partial charge in [0.1, 0.15) is 0 Å². The lowest BCUT2D eigenvalue weighted by atomic mass is 9.34. The van der Waals surface area contributed by atoms with Crippen LogP contribution in [-0.4, -0.2) is 46.4 Å². The number of rotatable bonds is 2. The smallest absolute Gasteiger partial charge is 0.309 e. The summed E-state index contributed by atoms with van der Waals surface area (Å²) in [6, 6.07) is 0. The molecule has 4 aliphatic carbocycles. The van der Waals surface area contributed by atoms with Crippen LogP contribution in [0, 0.1) is 10.8 Å². The molecule has 21 heavy (non-hydrogen) atoms. The highest BCUT2D eigenvalue weighted by Gasteiger charge is 2.76. The predicted molar refractivity (Wildman–Crippen MR) is 72.3 cm³/mol. The Morgan fingerprint density at radius 2 is 1.81 bits per heavy atom. The summed E-state index contributed by atoms with van der Waals surface area (Å²) in [5, 5.41) is 12.0. The molecule has 1 saturated heterocycles. The molecule has 1 spiro atoms. The van der Waals surface area contributed by atoms with Gasteiger partial charge < -0.3 is 15.3 Å². The minimum Gasteiger partial charge on any atom is -0.481 e. The monoisotopic (exact) mass is 292 g/mol. The van der Waals surface area contributed by atoms with Crippen molar-refractivity contribution in [2.24, 2.45) is 10.8 Å². The second-order valence-corrected chi connectivity index (χ2v) is 7.46. The Morgan fingerprint density at radius 3 is 2.33 bits per heavy atom. The lowest BCUT2D eigenvalue weighted by molar-refractivity contribution is -0.230. The van der Waals surface area contributed by atoms with Crippen LogP contribution in [0.3, 0.4) is 0 Å². The van der Waals surface area contributed by atoms with E-state index in [2.05, 4.69) is 5.32 Å². The SMILES string of the molecule is O=C1CC2(CCC2)N(C(=O)C23CC(C(=O)O)(C2)C3)CCN1. The fourth-order valence-corrected chi connectivity index (χ4v) is 4.88. The molecule has 2 amide bonds. The zero-order valence-electron chi connectivity index (χ0n) is 12.0. The lowest BCUT2D eigenvalue weighted by Crippen LogP contribution is -2.73. The molecule has 5 rings (SSSR count). The second-order valence-electron chi connectivity index (χ2n) is 7.46. The minimum atomic E-state index is -0.761. The molecule has 0 aromatic carbocycles. The van der Waals surface area contributed by atoms with Gasteiger partial charge in [-0.15, -0.1) is 0 Å². The first-order valence-electron chi connectivity index (χ1n) is 7.74. The van der Waals surface area contributed by atoms with Gasteiger partial charge in [0.15, 0.2) is 0 Å². The van der Waals surface area contributed by atoms with E-state index in [1.807, 2.05) is 4.90 Å². The van der Waals surface area contributed by atoms with Crippen molar-refractivity contribution in [3.05, 3.63) is 0 Å². The van der Waals surface area contributed by atoms with E-state index in [0.717, 1.165) is 19.3 Å². The van der Waals surface area contributed by atoms with Crippen molar-refractivity contribution in [2.75, 3.05) is 13.1 Å². The highest BCUT2D eigenvalue weighted by molar-refractivity contribution is 5.94. The summed E-state index contributed by atoms with van der Waals surface area (Å²) in [5.41, 5.74) is -1.35. The van der Waals surface area contributed by atoms with Gasteiger partial charge in [0.2, 0.25) is 11.8 Å². The second kappa shape index (κ2) is 3.78. The van der Waals surface area contributed by atoms with Crippen LogP contribution in [0.4, 0.5) is 0 Å². The molecule has 114 valence electrons. The zero-order chi connectivity index (χ0) is 14.9. The van der Waals surface area contributed by atoms with E-state index in [9.17, 15) is 19.5 Å². The van der Waals surface area contributed by atoms with Crippen LogP contribution in [0.1, 0.15) is 44.9 Å². The van der Waals surface area contributed by atoms with E-state index in [0.29, 0.717) is 38.8 Å². The molecule has 2 bridgehead atoms. The van der Waals surface area contributed by atoms with Crippen molar-refractivity contribution in [1.29, 1.82) is 0 Å². The fourth-order valence-electron chi connectivity index (χ4n) is 4.88. The van der Waals surface area contributed by atoms with Gasteiger partial charge >= 0.3 is 5.97 Å². The molecule has 5 aliphatic rings. The number of hydrogen-bond donors (Lipinski definition) is 2. The van der Waals surface area contributed by atoms with Crippen LogP contribution in [0.25, 0.3) is 0 Å². The van der Waals surface area contributed by atoms with Gasteiger partial charge in [-0.1, -0.05) is 0 Å². The number of amides is 2. The summed E-state index contributed by atoms with van der Waals surface area (Å²) >= 11 is 0. The molecule has 0 radical (unpaired) electrons. The van der Waals surface area contributed by atoms with Crippen molar-refractivity contribution in [3.63, 3.8) is 0 Å². The predicted octanol–water partition coefficient (Wildman–Crippen LogP) is 0.512. The van der Waals surface area contributed by atoms with Gasteiger partial charge in [0.25, 0.3) is 0 Å². The average Bonchev–Trinajstić information content (AvgIpc) is 2.43. The topological polar surface area (TPSA) is 86.7 Å². The number of carbonyl (C=O) groups is 3. The average molecular weight is 292 g/mol. The van der Waals surface area contributed by atoms with Crippen LogP contribution in [0.2, 0.25) is 0 Å². The standard InChI is InChI=1S/C15H20N2O4/c18-10-6-15(2-1-3-15)17(5-4-16-10)11(19)13-7-14(8-13,9-13)12(20)21/h1-9H2,(H,16,18)(H,20,21). The Bertz CT molecular complexity index is 532. The van der Waals surface area contributed by atoms with E-state index in [-0.39, 0.29) is 17.4 Å². The molecule has 1 aliphatic heterocycles. The molecule has 0 aromatic rings. The molecule has 0 atom stereocenters. The number of carboxylic acid groups (broad SMARTS) is 1. The van der Waals surface area contributed by atoms with Gasteiger partial charge in [-0.2, -0.15) is 0 Å². The maximum Gasteiger partial charge on any atom is 0.309 e. The largest absolute Gasteiger partial charge is 0.481 e. The van der Waals surface area contributed by atoms with E-state index in [4.69, 9.17) is 0 Å². The van der Waals surface area contributed by atoms with Crippen molar-refractivity contribution >= 4 is 17.8 Å². The van der Waals surface area contributed by atoms with Gasteiger partial charge in [-0.3, -0.25) is 14.4 Å². The number of hydrogen-bond acceptors (Lipinski definition) is 3. The number of aliphatic carboxylic acids is 1. The normalized spacial score (nSPS) is 39.4. The van der Waals surface area contributed by atoms with E-state index >= 15 is 0 Å². The van der Waals surface area contributed by atoms with E-state index in [1.54, 1.807) is 0 Å². The van der Waals surface area contributed by atoms with Gasteiger partial charge in [0, 0.05) is 19.5 Å². The summed E-state index contributed by atoms with van der Waals surface area (Å²) in [4.78, 5) is 37.9. The number of carbonyl (C=O) groups excluding carboxylic acids is 2. The molecule has 6 heteroatoms. The molecule has 0 aromatic heterocycles. The molecule has 1 heterocycles. The molecule has 5 fully saturated rings. The summed E-state index contributed by atoms with van der Waals surface area (Å²) in [6.07, 6.45) is 4.72. The quantitative estimate of drug-likeness (QED) is 0.776. The van der Waals surface area contributed by atoms with Crippen LogP contribution in [0.5, 0.6) is 0 Å². The third kappa shape index (κ3) is 1.50. The Balaban J connectivity index is 1.54. The third-order valence-corrected chi connectivity index (χ3v) is 6.19. The first-order valence-corrected chi connectivity index (χ1v) is 7.74. The first kappa shape index (κ1) is 13.1. The Kier molecular flexibility index (Phi) is 2.36. The van der Waals surface area contributed by atoms with Crippen molar-refractivity contribution in [2.45, 2.75) is 50.5 Å². The summed E-state index contributed by atoms with van der Waals surface area (Å²) < 4.78 is 0. The maximum atomic E-state index is 13.0. The van der Waals surface area contributed by atoms with Crippen LogP contribution in [0.15, 0.2) is 0 Å². The number of carboxylic acids is 1. The van der Waals surface area contributed by atoms with Crippen LogP contribution in [-0.2, 0) is 14.4 Å². The Labute approximate surface area is 122 Å². The molecular weight excluding hydrogens is 272 g/mol. The Morgan fingerprint density at radius 1 is 1.14 bits per heavy atom. The summed E-state index contributed by atoms with van der Waals surface area (Å²) in [6.45, 7) is 1.07. The van der Waals surface area contributed by atoms with Gasteiger partial charge in [-0.25, -0.2) is 0 Å². The summed E-state index contributed by atoms with van der Waals surface area (Å²) in [5.74, 6) is -0.630. The molecule has 4 saturated carbocycles. The Hall–Kier alpha value is -1.59. The molecule has 2 N–H and O–H groups in total. The van der Waals surface area contributed by atoms with E-state index in [1.165, 1.54) is 0 Å². The maximum absolute atomic E-state index is 13.0. The fraction of sp³-hybridized carbons (Fsp3) is 0.800. The van der Waals surface area contributed by atoms with Crippen LogP contribution >= 0.6 is 0 Å². The van der Waals surface area contributed by atoms with Gasteiger partial charge in [-0.05, 0) is 38.5 Å². The summed E-state index contributed by atoms with van der Waals surface area (Å²) in [7, 11) is 0. The number of nitrogens with one attached hydrogen (secondary N) is 1. The zero-order valence-corrected chi connectivity index (χ0v) is 12.0. The third-order valence-electron chi connectivity index (χ3n) is 6.19. The lowest BCUT2D eigenvalue weighted by Gasteiger charge is -2.68. The van der Waals surface area contributed by atoms with E-state index < -0.39 is 16.8 Å². The van der Waals surface area contributed by atoms with Crippen molar-refractivity contribution < 1.29 is 19.5 Å². The van der Waals surface area contributed by atoms with Crippen LogP contribution < -0.4 is 5.32 Å². The minimum absolute atomic E-state index is 0.0320. The number of nitrogens with zero attached hydrogens (tertiary/aromatic N) is 1. The van der Waals surface area contributed by atoms with Crippen molar-refractivity contribution in [3.8, 4) is 0 Å². The molecular formula is C15H20N2O4.